The van der Waals surface area contributed by atoms with Gasteiger partial charge in [-0.15, -0.1) is 0 Å². The van der Waals surface area contributed by atoms with Crippen molar-refractivity contribution in [1.82, 2.24) is 5.32 Å². The summed E-state index contributed by atoms with van der Waals surface area (Å²) >= 11 is 6.10. The Morgan fingerprint density at radius 1 is 1.44 bits per heavy atom. The first-order chi connectivity index (χ1) is 8.68. The van der Waals surface area contributed by atoms with Gasteiger partial charge in [0, 0.05) is 25.7 Å². The van der Waals surface area contributed by atoms with Crippen molar-refractivity contribution in [1.29, 1.82) is 0 Å². The Morgan fingerprint density at radius 2 is 2.28 bits per heavy atom. The molecule has 2 saturated heterocycles. The van der Waals surface area contributed by atoms with E-state index in [1.807, 2.05) is 12.1 Å². The van der Waals surface area contributed by atoms with Gasteiger partial charge in [-0.3, -0.25) is 4.79 Å². The van der Waals surface area contributed by atoms with Crippen molar-refractivity contribution >= 4 is 23.2 Å². The lowest BCUT2D eigenvalue weighted by atomic mass is 10.0. The second kappa shape index (κ2) is 4.44. The summed E-state index contributed by atoms with van der Waals surface area (Å²) in [6, 6.07) is 5.99. The lowest BCUT2D eigenvalue weighted by molar-refractivity contribution is 0.100. The first-order valence-corrected chi connectivity index (χ1v) is 6.62. The predicted molar refractivity (Wildman–Crippen MR) is 72.1 cm³/mol. The number of anilines is 1. The van der Waals surface area contributed by atoms with E-state index in [0.29, 0.717) is 22.5 Å². The van der Waals surface area contributed by atoms with Gasteiger partial charge in [-0.25, -0.2) is 0 Å². The molecule has 5 heteroatoms. The van der Waals surface area contributed by atoms with Gasteiger partial charge in [0.05, 0.1) is 16.3 Å². The molecule has 1 amide bonds. The minimum Gasteiger partial charge on any atom is -0.366 e. The van der Waals surface area contributed by atoms with Crippen molar-refractivity contribution in [3.05, 3.63) is 28.8 Å². The predicted octanol–water partition coefficient (Wildman–Crippen LogP) is 1.24. The molecule has 2 atom stereocenters. The van der Waals surface area contributed by atoms with E-state index in [-0.39, 0.29) is 0 Å². The number of benzene rings is 1. The average molecular weight is 266 g/mol. The largest absolute Gasteiger partial charge is 0.366 e. The molecular weight excluding hydrogens is 250 g/mol. The molecule has 1 aromatic rings. The van der Waals surface area contributed by atoms with Crippen LogP contribution in [-0.2, 0) is 0 Å². The van der Waals surface area contributed by atoms with E-state index in [1.54, 1.807) is 6.07 Å². The van der Waals surface area contributed by atoms with Crippen molar-refractivity contribution in [2.24, 2.45) is 11.7 Å². The van der Waals surface area contributed by atoms with Gasteiger partial charge in [-0.05, 0) is 24.5 Å². The molecular formula is C13H16ClN3O. The van der Waals surface area contributed by atoms with E-state index in [1.165, 1.54) is 0 Å². The van der Waals surface area contributed by atoms with Crippen molar-refractivity contribution in [2.45, 2.75) is 12.5 Å². The number of hydrogen-bond donors (Lipinski definition) is 2. The zero-order valence-corrected chi connectivity index (χ0v) is 10.8. The highest BCUT2D eigenvalue weighted by Gasteiger charge is 2.38. The standard InChI is InChI=1S/C13H16ClN3O/c14-9-2-1-3-10(12(9)13(15)18)17-5-4-8-6-16-7-11(8)17/h1-3,8,11,16H,4-7H2,(H2,15,18)/t8-,11+/m0/s1. The molecule has 2 aliphatic heterocycles. The van der Waals surface area contributed by atoms with Crippen LogP contribution in [0, 0.1) is 5.92 Å². The molecule has 4 nitrogen and oxygen atoms in total. The fraction of sp³-hybridized carbons (Fsp3) is 0.462. The van der Waals surface area contributed by atoms with Crippen LogP contribution in [0.5, 0.6) is 0 Å². The van der Waals surface area contributed by atoms with Crippen LogP contribution >= 0.6 is 11.6 Å². The van der Waals surface area contributed by atoms with E-state index in [4.69, 9.17) is 17.3 Å². The number of amides is 1. The van der Waals surface area contributed by atoms with Gasteiger partial charge >= 0.3 is 0 Å². The summed E-state index contributed by atoms with van der Waals surface area (Å²) in [5, 5.41) is 3.84. The number of nitrogens with two attached hydrogens (primary N) is 1. The van der Waals surface area contributed by atoms with Crippen molar-refractivity contribution in [3.63, 3.8) is 0 Å². The molecule has 0 aliphatic carbocycles. The summed E-state index contributed by atoms with van der Waals surface area (Å²) in [5.41, 5.74) is 6.79. The maximum atomic E-state index is 11.6. The number of carbonyl (C=O) groups is 1. The highest BCUT2D eigenvalue weighted by molar-refractivity contribution is 6.34. The van der Waals surface area contributed by atoms with Gasteiger partial charge in [0.25, 0.3) is 5.91 Å². The topological polar surface area (TPSA) is 58.4 Å². The second-order valence-electron chi connectivity index (χ2n) is 4.97. The molecule has 96 valence electrons. The van der Waals surface area contributed by atoms with Gasteiger partial charge in [0.2, 0.25) is 0 Å². The fourth-order valence-electron chi connectivity index (χ4n) is 3.14. The van der Waals surface area contributed by atoms with Crippen LogP contribution in [0.2, 0.25) is 5.02 Å². The smallest absolute Gasteiger partial charge is 0.252 e. The summed E-state index contributed by atoms with van der Waals surface area (Å²) in [7, 11) is 0. The van der Waals surface area contributed by atoms with Crippen molar-refractivity contribution in [2.75, 3.05) is 24.5 Å². The lowest BCUT2D eigenvalue weighted by Gasteiger charge is -2.27. The van der Waals surface area contributed by atoms with Crippen molar-refractivity contribution in [3.8, 4) is 0 Å². The molecule has 0 unspecified atom stereocenters. The molecule has 3 rings (SSSR count). The van der Waals surface area contributed by atoms with E-state index in [9.17, 15) is 4.79 Å². The number of primary amides is 1. The average Bonchev–Trinajstić information content (AvgIpc) is 2.89. The molecule has 18 heavy (non-hydrogen) atoms. The molecule has 1 aromatic carbocycles. The normalized spacial score (nSPS) is 26.4. The minimum absolute atomic E-state index is 0.439. The maximum absolute atomic E-state index is 11.6. The van der Waals surface area contributed by atoms with Crippen LogP contribution < -0.4 is 16.0 Å². The van der Waals surface area contributed by atoms with Crippen LogP contribution in [-0.4, -0.2) is 31.6 Å². The molecule has 0 bridgehead atoms. The molecule has 0 aromatic heterocycles. The summed E-state index contributed by atoms with van der Waals surface area (Å²) in [6.45, 7) is 3.00. The van der Waals surface area contributed by atoms with Crippen LogP contribution in [0.15, 0.2) is 18.2 Å². The minimum atomic E-state index is -0.454. The Morgan fingerprint density at radius 3 is 3.06 bits per heavy atom. The van der Waals surface area contributed by atoms with Crippen LogP contribution in [0.3, 0.4) is 0 Å². The van der Waals surface area contributed by atoms with Gasteiger partial charge in [0.1, 0.15) is 0 Å². The summed E-state index contributed by atoms with van der Waals surface area (Å²) in [5.74, 6) is 0.217. The third-order valence-electron chi connectivity index (χ3n) is 3.99. The zero-order chi connectivity index (χ0) is 12.7. The van der Waals surface area contributed by atoms with Gasteiger partial charge < -0.3 is 16.0 Å². The quantitative estimate of drug-likeness (QED) is 0.846. The van der Waals surface area contributed by atoms with Crippen LogP contribution in [0.25, 0.3) is 0 Å². The molecule has 3 N–H and O–H groups in total. The van der Waals surface area contributed by atoms with E-state index >= 15 is 0 Å². The Balaban J connectivity index is 2.02. The summed E-state index contributed by atoms with van der Waals surface area (Å²) < 4.78 is 0. The van der Waals surface area contributed by atoms with Gasteiger partial charge in [0.15, 0.2) is 0 Å². The van der Waals surface area contributed by atoms with E-state index < -0.39 is 5.91 Å². The number of rotatable bonds is 2. The van der Waals surface area contributed by atoms with Crippen LogP contribution in [0.1, 0.15) is 16.8 Å². The second-order valence-corrected chi connectivity index (χ2v) is 5.37. The zero-order valence-electron chi connectivity index (χ0n) is 10.0. The molecule has 0 saturated carbocycles. The van der Waals surface area contributed by atoms with Gasteiger partial charge in [-0.1, -0.05) is 17.7 Å². The molecule has 0 radical (unpaired) electrons. The molecule has 2 aliphatic rings. The summed E-state index contributed by atoms with van der Waals surface area (Å²) in [6.07, 6.45) is 1.16. The third-order valence-corrected chi connectivity index (χ3v) is 4.31. The Kier molecular flexibility index (Phi) is 2.92. The monoisotopic (exact) mass is 265 g/mol. The lowest BCUT2D eigenvalue weighted by Crippen LogP contribution is -2.35. The number of nitrogens with zero attached hydrogens (tertiary/aromatic N) is 1. The number of carbonyl (C=O) groups excluding carboxylic acids is 1. The first-order valence-electron chi connectivity index (χ1n) is 6.24. The van der Waals surface area contributed by atoms with E-state index in [2.05, 4.69) is 10.2 Å². The van der Waals surface area contributed by atoms with Crippen molar-refractivity contribution < 1.29 is 4.79 Å². The highest BCUT2D eigenvalue weighted by atomic mass is 35.5. The number of nitrogens with one attached hydrogen (secondary N) is 1. The maximum Gasteiger partial charge on any atom is 0.252 e. The Bertz CT molecular complexity index is 491. The summed E-state index contributed by atoms with van der Waals surface area (Å²) in [4.78, 5) is 13.9. The Hall–Kier alpha value is -1.26. The number of halogens is 1. The first kappa shape index (κ1) is 11.8. The van der Waals surface area contributed by atoms with Crippen LogP contribution in [0.4, 0.5) is 5.69 Å². The fourth-order valence-corrected chi connectivity index (χ4v) is 3.41. The molecule has 2 heterocycles. The third kappa shape index (κ3) is 1.76. The van der Waals surface area contributed by atoms with E-state index in [0.717, 1.165) is 31.7 Å². The molecule has 0 spiro atoms. The number of hydrogen-bond acceptors (Lipinski definition) is 3. The highest BCUT2D eigenvalue weighted by Crippen LogP contribution is 2.35. The van der Waals surface area contributed by atoms with Gasteiger partial charge in [-0.2, -0.15) is 0 Å². The molecule has 2 fully saturated rings. The number of fused-ring (bicyclic) bond motifs is 1. The Labute approximate surface area is 111 Å². The SMILES string of the molecule is NC(=O)c1c(Cl)cccc1N1CC[C@H]2CNC[C@H]21.